The lowest BCUT2D eigenvalue weighted by molar-refractivity contribution is 0.511. The second-order valence-corrected chi connectivity index (χ2v) is 5.41. The number of rotatable bonds is 4. The number of aromatic nitrogens is 1. The third-order valence-corrected chi connectivity index (χ3v) is 3.81. The van der Waals surface area contributed by atoms with Crippen molar-refractivity contribution in [3.63, 3.8) is 0 Å². The summed E-state index contributed by atoms with van der Waals surface area (Å²) in [5, 5.41) is 2.36. The number of sulfonamides is 1. The van der Waals surface area contributed by atoms with Crippen molar-refractivity contribution >= 4 is 21.4 Å². The van der Waals surface area contributed by atoms with Crippen molar-refractivity contribution in [2.75, 3.05) is 17.1 Å². The van der Waals surface area contributed by atoms with E-state index in [1.807, 2.05) is 4.72 Å². The molecule has 0 aliphatic carbocycles. The van der Waals surface area contributed by atoms with Crippen LogP contribution in [0, 0.1) is 11.6 Å². The first kappa shape index (κ1) is 14.2. The Bertz CT molecular complexity index is 735. The van der Waals surface area contributed by atoms with Gasteiger partial charge in [-0.3, -0.25) is 4.72 Å². The molecule has 0 saturated carbocycles. The molecule has 1 aromatic carbocycles. The maximum absolute atomic E-state index is 13.5. The van der Waals surface area contributed by atoms with Gasteiger partial charge >= 0.3 is 0 Å². The summed E-state index contributed by atoms with van der Waals surface area (Å²) >= 11 is 0. The number of halogens is 2. The Morgan fingerprint density at radius 1 is 1.10 bits per heavy atom. The van der Waals surface area contributed by atoms with Crippen molar-refractivity contribution in [1.29, 1.82) is 0 Å². The van der Waals surface area contributed by atoms with Crippen molar-refractivity contribution in [2.45, 2.75) is 5.03 Å². The standard InChI is InChI=1S/C12H11F2N3O2S/c1-15-10-6-3-7-16-12(10)20(18,19)17-9-5-2-4-8(13)11(9)14/h2-7,15,17H,1H3. The van der Waals surface area contributed by atoms with Gasteiger partial charge in [0.05, 0.1) is 11.4 Å². The van der Waals surface area contributed by atoms with E-state index in [9.17, 15) is 17.2 Å². The molecule has 0 fully saturated rings. The highest BCUT2D eigenvalue weighted by atomic mass is 32.2. The number of hydrogen-bond acceptors (Lipinski definition) is 4. The first-order chi connectivity index (χ1) is 9.45. The Labute approximate surface area is 114 Å². The summed E-state index contributed by atoms with van der Waals surface area (Å²) in [4.78, 5) is 3.74. The third-order valence-electron chi connectivity index (χ3n) is 2.49. The first-order valence-electron chi connectivity index (χ1n) is 5.55. The molecule has 0 unspecified atom stereocenters. The molecule has 0 amide bonds. The fraction of sp³-hybridized carbons (Fsp3) is 0.0833. The van der Waals surface area contributed by atoms with Crippen LogP contribution in [0.15, 0.2) is 41.6 Å². The highest BCUT2D eigenvalue weighted by Crippen LogP contribution is 2.23. The van der Waals surface area contributed by atoms with Crippen LogP contribution in [-0.4, -0.2) is 20.4 Å². The van der Waals surface area contributed by atoms with E-state index < -0.39 is 27.3 Å². The molecule has 0 aliphatic rings. The molecule has 5 nitrogen and oxygen atoms in total. The van der Waals surface area contributed by atoms with Crippen molar-refractivity contribution in [2.24, 2.45) is 0 Å². The second kappa shape index (κ2) is 5.41. The normalized spacial score (nSPS) is 11.2. The van der Waals surface area contributed by atoms with E-state index in [-0.39, 0.29) is 10.7 Å². The van der Waals surface area contributed by atoms with Gasteiger partial charge in [-0.15, -0.1) is 0 Å². The van der Waals surface area contributed by atoms with E-state index in [1.54, 1.807) is 6.07 Å². The number of nitrogens with one attached hydrogen (secondary N) is 2. The average molecular weight is 299 g/mol. The smallest absolute Gasteiger partial charge is 0.281 e. The van der Waals surface area contributed by atoms with E-state index in [0.29, 0.717) is 0 Å². The van der Waals surface area contributed by atoms with Gasteiger partial charge in [0.25, 0.3) is 10.0 Å². The molecule has 106 valence electrons. The Balaban J connectivity index is 2.44. The molecule has 0 bridgehead atoms. The molecule has 0 radical (unpaired) electrons. The molecule has 20 heavy (non-hydrogen) atoms. The summed E-state index contributed by atoms with van der Waals surface area (Å²) in [6.07, 6.45) is 1.29. The molecule has 1 aromatic heterocycles. The Hall–Kier alpha value is -2.22. The van der Waals surface area contributed by atoms with Crippen LogP contribution in [-0.2, 0) is 10.0 Å². The van der Waals surface area contributed by atoms with Crippen LogP contribution in [0.2, 0.25) is 0 Å². The van der Waals surface area contributed by atoms with Gasteiger partial charge < -0.3 is 5.32 Å². The third kappa shape index (κ3) is 2.69. The SMILES string of the molecule is CNc1cccnc1S(=O)(=O)Nc1cccc(F)c1F. The fourth-order valence-electron chi connectivity index (χ4n) is 1.57. The maximum atomic E-state index is 13.5. The largest absolute Gasteiger partial charge is 0.386 e. The van der Waals surface area contributed by atoms with Crippen LogP contribution in [0.5, 0.6) is 0 Å². The average Bonchev–Trinajstić information content (AvgIpc) is 2.43. The molecular formula is C12H11F2N3O2S. The lowest BCUT2D eigenvalue weighted by Gasteiger charge is -2.11. The van der Waals surface area contributed by atoms with Crippen LogP contribution in [0.1, 0.15) is 0 Å². The summed E-state index contributed by atoms with van der Waals surface area (Å²) in [5.74, 6) is -2.40. The quantitative estimate of drug-likeness (QED) is 0.908. The molecular weight excluding hydrogens is 288 g/mol. The zero-order valence-corrected chi connectivity index (χ0v) is 11.2. The molecule has 0 saturated heterocycles. The number of benzene rings is 1. The van der Waals surface area contributed by atoms with Crippen LogP contribution < -0.4 is 10.0 Å². The van der Waals surface area contributed by atoms with Crippen molar-refractivity contribution in [1.82, 2.24) is 4.98 Å². The predicted octanol–water partition coefficient (Wildman–Crippen LogP) is 2.20. The minimum Gasteiger partial charge on any atom is -0.386 e. The van der Waals surface area contributed by atoms with Gasteiger partial charge in [-0.1, -0.05) is 6.07 Å². The first-order valence-corrected chi connectivity index (χ1v) is 7.03. The van der Waals surface area contributed by atoms with E-state index in [1.165, 1.54) is 25.4 Å². The fourth-order valence-corrected chi connectivity index (χ4v) is 2.77. The Morgan fingerprint density at radius 3 is 2.50 bits per heavy atom. The summed E-state index contributed by atoms with van der Waals surface area (Å²) in [7, 11) is -2.60. The monoisotopic (exact) mass is 299 g/mol. The molecule has 0 atom stereocenters. The lowest BCUT2D eigenvalue weighted by atomic mass is 10.3. The molecule has 0 aliphatic heterocycles. The number of anilines is 2. The topological polar surface area (TPSA) is 71.1 Å². The van der Waals surface area contributed by atoms with Crippen LogP contribution in [0.4, 0.5) is 20.2 Å². The summed E-state index contributed by atoms with van der Waals surface area (Å²) < 4.78 is 52.8. The van der Waals surface area contributed by atoms with E-state index in [4.69, 9.17) is 0 Å². The Kier molecular flexibility index (Phi) is 3.84. The minimum absolute atomic E-state index is 0.247. The van der Waals surface area contributed by atoms with Gasteiger partial charge in [-0.25, -0.2) is 13.8 Å². The van der Waals surface area contributed by atoms with Gasteiger partial charge in [-0.2, -0.15) is 8.42 Å². The number of nitrogens with zero attached hydrogens (tertiary/aromatic N) is 1. The maximum Gasteiger partial charge on any atom is 0.281 e. The van der Waals surface area contributed by atoms with Crippen LogP contribution in [0.25, 0.3) is 0 Å². The van der Waals surface area contributed by atoms with E-state index in [0.717, 1.165) is 12.1 Å². The summed E-state index contributed by atoms with van der Waals surface area (Å²) in [6, 6.07) is 6.27. The highest BCUT2D eigenvalue weighted by molar-refractivity contribution is 7.92. The zero-order valence-electron chi connectivity index (χ0n) is 10.4. The van der Waals surface area contributed by atoms with Gasteiger partial charge in [0, 0.05) is 13.2 Å². The number of pyridine rings is 1. The number of hydrogen-bond donors (Lipinski definition) is 2. The summed E-state index contributed by atoms with van der Waals surface area (Å²) in [5.41, 5.74) is -0.227. The van der Waals surface area contributed by atoms with Crippen LogP contribution >= 0.6 is 0 Å². The minimum atomic E-state index is -4.13. The molecule has 2 aromatic rings. The molecule has 0 spiro atoms. The van der Waals surface area contributed by atoms with Crippen molar-refractivity contribution in [3.05, 3.63) is 48.2 Å². The van der Waals surface area contributed by atoms with Crippen molar-refractivity contribution in [3.8, 4) is 0 Å². The molecule has 8 heteroatoms. The van der Waals surface area contributed by atoms with Gasteiger partial charge in [0.15, 0.2) is 16.7 Å². The molecule has 1 heterocycles. The van der Waals surface area contributed by atoms with Crippen molar-refractivity contribution < 1.29 is 17.2 Å². The van der Waals surface area contributed by atoms with E-state index >= 15 is 0 Å². The van der Waals surface area contributed by atoms with Gasteiger partial charge in [0.2, 0.25) is 0 Å². The predicted molar refractivity (Wildman–Crippen MR) is 71.0 cm³/mol. The lowest BCUT2D eigenvalue weighted by Crippen LogP contribution is -2.17. The Morgan fingerprint density at radius 2 is 1.80 bits per heavy atom. The molecule has 2 rings (SSSR count). The molecule has 2 N–H and O–H groups in total. The van der Waals surface area contributed by atoms with Crippen LogP contribution in [0.3, 0.4) is 0 Å². The highest BCUT2D eigenvalue weighted by Gasteiger charge is 2.22. The van der Waals surface area contributed by atoms with E-state index in [2.05, 4.69) is 10.3 Å². The van der Waals surface area contributed by atoms with Gasteiger partial charge in [0.1, 0.15) is 0 Å². The zero-order chi connectivity index (χ0) is 14.8. The second-order valence-electron chi connectivity index (χ2n) is 3.81. The van der Waals surface area contributed by atoms with Gasteiger partial charge in [-0.05, 0) is 24.3 Å². The summed E-state index contributed by atoms with van der Waals surface area (Å²) in [6.45, 7) is 0.